The lowest BCUT2D eigenvalue weighted by molar-refractivity contribution is -0.118. The van der Waals surface area contributed by atoms with Crippen molar-refractivity contribution in [3.63, 3.8) is 0 Å². The number of hydrogen-bond donors (Lipinski definition) is 2. The Morgan fingerprint density at radius 2 is 2.03 bits per heavy atom. The molecule has 29 heavy (non-hydrogen) atoms. The second kappa shape index (κ2) is 8.83. The molecule has 2 aromatic heterocycles. The van der Waals surface area contributed by atoms with Gasteiger partial charge >= 0.3 is 0 Å². The first kappa shape index (κ1) is 19.1. The predicted octanol–water partition coefficient (Wildman–Crippen LogP) is 3.21. The number of hydrogen-bond acceptors (Lipinski definition) is 5. The molecule has 0 aliphatic rings. The normalized spacial score (nSPS) is 10.9. The molecule has 0 saturated carbocycles. The number of amides is 1. The standard InChI is InChI=1S/C21H21N5O2S/c1-28-16-8-6-15(7-9-16)26-13-12-23-21(26)29-14-20(27)22-11-10-19-24-17-4-2-3-5-18(17)25-19/h2-9,12-13H,10-11,14H2,1H3,(H,22,27)(H,24,25). The molecule has 2 heterocycles. The number of H-pyrrole nitrogens is 1. The monoisotopic (exact) mass is 407 g/mol. The molecule has 0 fully saturated rings. The van der Waals surface area contributed by atoms with E-state index in [0.717, 1.165) is 33.5 Å². The van der Waals surface area contributed by atoms with Crippen LogP contribution in [0, 0.1) is 0 Å². The van der Waals surface area contributed by atoms with Crippen LogP contribution in [-0.4, -0.2) is 44.8 Å². The van der Waals surface area contributed by atoms with Gasteiger partial charge in [-0.15, -0.1) is 0 Å². The minimum Gasteiger partial charge on any atom is -0.497 e. The van der Waals surface area contributed by atoms with E-state index in [9.17, 15) is 4.79 Å². The third kappa shape index (κ3) is 4.60. The fraction of sp³-hybridized carbons (Fsp3) is 0.190. The summed E-state index contributed by atoms with van der Waals surface area (Å²) in [6, 6.07) is 15.6. The highest BCUT2D eigenvalue weighted by molar-refractivity contribution is 7.99. The molecule has 2 N–H and O–H groups in total. The lowest BCUT2D eigenvalue weighted by Crippen LogP contribution is -2.27. The molecule has 0 aliphatic carbocycles. The van der Waals surface area contributed by atoms with Crippen LogP contribution in [0.1, 0.15) is 5.82 Å². The van der Waals surface area contributed by atoms with E-state index >= 15 is 0 Å². The Hall–Kier alpha value is -3.26. The Morgan fingerprint density at radius 1 is 1.21 bits per heavy atom. The maximum Gasteiger partial charge on any atom is 0.230 e. The van der Waals surface area contributed by atoms with Crippen molar-refractivity contribution in [3.8, 4) is 11.4 Å². The zero-order valence-electron chi connectivity index (χ0n) is 16.0. The van der Waals surface area contributed by atoms with Crippen molar-refractivity contribution in [2.45, 2.75) is 11.6 Å². The van der Waals surface area contributed by atoms with Crippen LogP contribution in [0.15, 0.2) is 66.1 Å². The molecule has 0 spiro atoms. The van der Waals surface area contributed by atoms with Gasteiger partial charge in [-0.2, -0.15) is 0 Å². The van der Waals surface area contributed by atoms with Crippen molar-refractivity contribution in [1.29, 1.82) is 0 Å². The summed E-state index contributed by atoms with van der Waals surface area (Å²) in [4.78, 5) is 24.4. The number of fused-ring (bicyclic) bond motifs is 1. The molecular weight excluding hydrogens is 386 g/mol. The molecule has 0 saturated heterocycles. The molecule has 0 unspecified atom stereocenters. The molecule has 0 aliphatic heterocycles. The van der Waals surface area contributed by atoms with Crippen LogP contribution < -0.4 is 10.1 Å². The molecule has 2 aromatic carbocycles. The van der Waals surface area contributed by atoms with Crippen molar-refractivity contribution in [2.75, 3.05) is 19.4 Å². The van der Waals surface area contributed by atoms with Gasteiger partial charge in [0.15, 0.2) is 5.16 Å². The summed E-state index contributed by atoms with van der Waals surface area (Å²) in [5, 5.41) is 3.71. The number of para-hydroxylation sites is 2. The second-order valence-electron chi connectivity index (χ2n) is 6.37. The van der Waals surface area contributed by atoms with Crippen molar-refractivity contribution < 1.29 is 9.53 Å². The van der Waals surface area contributed by atoms with Gasteiger partial charge < -0.3 is 15.0 Å². The van der Waals surface area contributed by atoms with E-state index in [1.807, 2.05) is 59.3 Å². The highest BCUT2D eigenvalue weighted by Crippen LogP contribution is 2.22. The summed E-state index contributed by atoms with van der Waals surface area (Å²) in [6.07, 6.45) is 4.27. The summed E-state index contributed by atoms with van der Waals surface area (Å²) >= 11 is 1.40. The van der Waals surface area contributed by atoms with Crippen molar-refractivity contribution in [1.82, 2.24) is 24.8 Å². The minimum absolute atomic E-state index is 0.0320. The minimum atomic E-state index is -0.0320. The van der Waals surface area contributed by atoms with Crippen molar-refractivity contribution >= 4 is 28.7 Å². The molecule has 4 rings (SSSR count). The Morgan fingerprint density at radius 3 is 2.83 bits per heavy atom. The van der Waals surface area contributed by atoms with Gasteiger partial charge in [-0.3, -0.25) is 9.36 Å². The zero-order valence-corrected chi connectivity index (χ0v) is 16.8. The smallest absolute Gasteiger partial charge is 0.230 e. The third-order valence-electron chi connectivity index (χ3n) is 4.41. The number of benzene rings is 2. The summed E-state index contributed by atoms with van der Waals surface area (Å²) in [5.74, 6) is 1.93. The number of aromatic nitrogens is 4. The molecule has 0 bridgehead atoms. The number of aromatic amines is 1. The molecule has 7 nitrogen and oxygen atoms in total. The van der Waals surface area contributed by atoms with E-state index in [-0.39, 0.29) is 5.91 Å². The van der Waals surface area contributed by atoms with Crippen molar-refractivity contribution in [3.05, 3.63) is 66.7 Å². The quantitative estimate of drug-likeness (QED) is 0.438. The molecule has 1 amide bonds. The summed E-state index contributed by atoms with van der Waals surface area (Å²) in [6.45, 7) is 0.534. The van der Waals surface area contributed by atoms with Gasteiger partial charge in [-0.1, -0.05) is 23.9 Å². The number of carbonyl (C=O) groups is 1. The topological polar surface area (TPSA) is 84.8 Å². The Labute approximate surface area is 172 Å². The highest BCUT2D eigenvalue weighted by Gasteiger charge is 2.10. The summed E-state index contributed by atoms with van der Waals surface area (Å²) < 4.78 is 7.14. The first-order valence-electron chi connectivity index (χ1n) is 9.24. The van der Waals surface area contributed by atoms with Gasteiger partial charge in [0.25, 0.3) is 0 Å². The fourth-order valence-corrected chi connectivity index (χ4v) is 3.76. The fourth-order valence-electron chi connectivity index (χ4n) is 2.96. The molecule has 4 aromatic rings. The Kier molecular flexibility index (Phi) is 5.81. The first-order chi connectivity index (χ1) is 14.2. The lowest BCUT2D eigenvalue weighted by atomic mass is 10.3. The van der Waals surface area contributed by atoms with E-state index in [0.29, 0.717) is 18.7 Å². The number of thioether (sulfide) groups is 1. The van der Waals surface area contributed by atoms with Crippen LogP contribution in [-0.2, 0) is 11.2 Å². The Bertz CT molecular complexity index is 1070. The van der Waals surface area contributed by atoms with Crippen LogP contribution >= 0.6 is 11.8 Å². The van der Waals surface area contributed by atoms with Crippen LogP contribution in [0.3, 0.4) is 0 Å². The van der Waals surface area contributed by atoms with E-state index in [1.165, 1.54) is 11.8 Å². The number of imidazole rings is 2. The van der Waals surface area contributed by atoms with Crippen molar-refractivity contribution in [2.24, 2.45) is 0 Å². The maximum absolute atomic E-state index is 12.2. The molecular formula is C21H21N5O2S. The third-order valence-corrected chi connectivity index (χ3v) is 5.38. The maximum atomic E-state index is 12.2. The predicted molar refractivity (Wildman–Crippen MR) is 114 cm³/mol. The van der Waals surface area contributed by atoms with Gasteiger partial charge in [0.05, 0.1) is 23.9 Å². The highest BCUT2D eigenvalue weighted by atomic mass is 32.2. The van der Waals surface area contributed by atoms with E-state index in [4.69, 9.17) is 4.74 Å². The van der Waals surface area contributed by atoms with Crippen LogP contribution in [0.25, 0.3) is 16.7 Å². The second-order valence-corrected chi connectivity index (χ2v) is 7.31. The van der Waals surface area contributed by atoms with Gasteiger partial charge in [0.1, 0.15) is 11.6 Å². The van der Waals surface area contributed by atoms with Crippen LogP contribution in [0.2, 0.25) is 0 Å². The van der Waals surface area contributed by atoms with Gasteiger partial charge in [0, 0.05) is 31.0 Å². The number of nitrogens with zero attached hydrogens (tertiary/aromatic N) is 3. The largest absolute Gasteiger partial charge is 0.497 e. The molecule has 0 atom stereocenters. The van der Waals surface area contributed by atoms with E-state index in [1.54, 1.807) is 13.3 Å². The molecule has 0 radical (unpaired) electrons. The number of nitrogens with one attached hydrogen (secondary N) is 2. The Balaban J connectivity index is 1.28. The SMILES string of the molecule is COc1ccc(-n2ccnc2SCC(=O)NCCc2nc3ccccc3[nH]2)cc1. The number of rotatable bonds is 8. The number of ether oxygens (including phenoxy) is 1. The first-order valence-corrected chi connectivity index (χ1v) is 10.2. The molecule has 148 valence electrons. The van der Waals surface area contributed by atoms with Crippen LogP contribution in [0.4, 0.5) is 0 Å². The number of methoxy groups -OCH3 is 1. The molecule has 8 heteroatoms. The van der Waals surface area contributed by atoms with Gasteiger partial charge in [-0.05, 0) is 36.4 Å². The van der Waals surface area contributed by atoms with Crippen LogP contribution in [0.5, 0.6) is 5.75 Å². The average Bonchev–Trinajstić information content (AvgIpc) is 3.38. The lowest BCUT2D eigenvalue weighted by Gasteiger charge is -2.08. The van der Waals surface area contributed by atoms with Gasteiger partial charge in [-0.25, -0.2) is 9.97 Å². The van der Waals surface area contributed by atoms with E-state index in [2.05, 4.69) is 20.3 Å². The summed E-state index contributed by atoms with van der Waals surface area (Å²) in [7, 11) is 1.64. The average molecular weight is 407 g/mol. The zero-order chi connectivity index (χ0) is 20.1. The number of carbonyl (C=O) groups excluding carboxylic acids is 1. The van der Waals surface area contributed by atoms with E-state index < -0.39 is 0 Å². The summed E-state index contributed by atoms with van der Waals surface area (Å²) in [5.41, 5.74) is 2.92. The van der Waals surface area contributed by atoms with Gasteiger partial charge in [0.2, 0.25) is 5.91 Å².